The molecule has 5 rings (SSSR count). The van der Waals surface area contributed by atoms with Crippen LogP contribution in [0.4, 0.5) is 4.39 Å². The highest BCUT2D eigenvalue weighted by Crippen LogP contribution is 2.38. The fraction of sp³-hybridized carbons (Fsp3) is 0.367. The van der Waals surface area contributed by atoms with Crippen LogP contribution in [0.2, 0.25) is 0 Å². The number of hydrogen-bond acceptors (Lipinski definition) is 3. The van der Waals surface area contributed by atoms with Crippen LogP contribution in [0.5, 0.6) is 0 Å². The van der Waals surface area contributed by atoms with Crippen molar-refractivity contribution in [3.05, 3.63) is 81.2 Å². The van der Waals surface area contributed by atoms with Crippen LogP contribution < -0.4 is 5.32 Å². The highest BCUT2D eigenvalue weighted by Gasteiger charge is 2.36. The van der Waals surface area contributed by atoms with Crippen LogP contribution in [0.25, 0.3) is 10.9 Å². The van der Waals surface area contributed by atoms with E-state index in [1.54, 1.807) is 17.0 Å². The maximum atomic E-state index is 14.3. The van der Waals surface area contributed by atoms with Gasteiger partial charge in [-0.25, -0.2) is 4.39 Å². The Morgan fingerprint density at radius 2 is 1.87 bits per heavy atom. The van der Waals surface area contributed by atoms with Gasteiger partial charge in [-0.15, -0.1) is 0 Å². The number of benzene rings is 2. The molecule has 1 fully saturated rings. The van der Waals surface area contributed by atoms with Gasteiger partial charge in [0, 0.05) is 34.7 Å². The van der Waals surface area contributed by atoms with Crippen molar-refractivity contribution in [2.24, 2.45) is 0 Å². The van der Waals surface area contributed by atoms with Gasteiger partial charge in [0.05, 0.1) is 23.2 Å². The molecule has 0 spiro atoms. The molecule has 2 atom stereocenters. The van der Waals surface area contributed by atoms with Crippen LogP contribution in [0.3, 0.4) is 0 Å². The SMILES string of the molecule is C=CC(=O)N1CC(NC(=O)Cn2c(C)c(C(=O)N3C(C)Cc4cc(F)ccc4C3C)c3cc(Br)cc(C)c32)C1. The highest BCUT2D eigenvalue weighted by molar-refractivity contribution is 9.10. The van der Waals surface area contributed by atoms with Crippen LogP contribution in [-0.2, 0) is 22.6 Å². The number of hydrogen-bond donors (Lipinski definition) is 1. The van der Waals surface area contributed by atoms with Gasteiger partial charge in [0.2, 0.25) is 11.8 Å². The molecule has 2 unspecified atom stereocenters. The van der Waals surface area contributed by atoms with Crippen LogP contribution in [0.15, 0.2) is 47.5 Å². The Labute approximate surface area is 235 Å². The van der Waals surface area contributed by atoms with E-state index < -0.39 is 0 Å². The topological polar surface area (TPSA) is 74.6 Å². The third-order valence-electron chi connectivity index (χ3n) is 8.02. The van der Waals surface area contributed by atoms with E-state index in [2.05, 4.69) is 27.8 Å². The van der Waals surface area contributed by atoms with Gasteiger partial charge in [-0.2, -0.15) is 0 Å². The van der Waals surface area contributed by atoms with E-state index in [9.17, 15) is 18.8 Å². The summed E-state index contributed by atoms with van der Waals surface area (Å²) in [6.07, 6.45) is 1.84. The molecule has 1 aromatic heterocycles. The minimum Gasteiger partial charge on any atom is -0.348 e. The van der Waals surface area contributed by atoms with Gasteiger partial charge >= 0.3 is 0 Å². The monoisotopic (exact) mass is 594 g/mol. The van der Waals surface area contributed by atoms with E-state index in [0.29, 0.717) is 30.8 Å². The van der Waals surface area contributed by atoms with E-state index in [1.165, 1.54) is 12.1 Å². The molecule has 0 aliphatic carbocycles. The van der Waals surface area contributed by atoms with Gasteiger partial charge in [-0.1, -0.05) is 28.6 Å². The number of nitrogens with zero attached hydrogens (tertiary/aromatic N) is 3. The average molecular weight is 596 g/mol. The smallest absolute Gasteiger partial charge is 0.257 e. The number of carbonyl (C=O) groups is 3. The lowest BCUT2D eigenvalue weighted by Gasteiger charge is -2.40. The zero-order valence-electron chi connectivity index (χ0n) is 22.6. The second-order valence-corrected chi connectivity index (χ2v) is 11.6. The lowest BCUT2D eigenvalue weighted by molar-refractivity contribution is -0.133. The van der Waals surface area contributed by atoms with Crippen LogP contribution in [0, 0.1) is 19.7 Å². The summed E-state index contributed by atoms with van der Waals surface area (Å²) in [5, 5.41) is 3.79. The molecule has 1 saturated heterocycles. The molecule has 2 aliphatic heterocycles. The quantitative estimate of drug-likeness (QED) is 0.430. The van der Waals surface area contributed by atoms with Gasteiger partial charge in [0.25, 0.3) is 5.91 Å². The van der Waals surface area contributed by atoms with E-state index in [-0.39, 0.29) is 48.2 Å². The lowest BCUT2D eigenvalue weighted by atomic mass is 9.88. The first-order chi connectivity index (χ1) is 18.5. The summed E-state index contributed by atoms with van der Waals surface area (Å²) in [4.78, 5) is 42.6. The second-order valence-electron chi connectivity index (χ2n) is 10.7. The molecule has 2 aliphatic rings. The molecule has 39 heavy (non-hydrogen) atoms. The Hall–Kier alpha value is -3.46. The summed E-state index contributed by atoms with van der Waals surface area (Å²) in [5.41, 5.74) is 4.95. The highest BCUT2D eigenvalue weighted by atomic mass is 79.9. The number of aromatic nitrogens is 1. The molecule has 0 radical (unpaired) electrons. The van der Waals surface area contributed by atoms with Crippen molar-refractivity contribution in [1.29, 1.82) is 0 Å². The summed E-state index contributed by atoms with van der Waals surface area (Å²) in [5.74, 6) is -0.706. The Morgan fingerprint density at radius 3 is 2.56 bits per heavy atom. The molecular formula is C30H32BrFN4O3. The number of amides is 3. The number of likely N-dealkylation sites (tertiary alicyclic amines) is 1. The van der Waals surface area contributed by atoms with E-state index in [1.807, 2.05) is 49.3 Å². The Kier molecular flexibility index (Phi) is 7.13. The van der Waals surface area contributed by atoms with Crippen molar-refractivity contribution in [3.63, 3.8) is 0 Å². The number of aryl methyl sites for hydroxylation is 1. The zero-order valence-corrected chi connectivity index (χ0v) is 24.1. The first-order valence-electron chi connectivity index (χ1n) is 13.1. The average Bonchev–Trinajstić information content (AvgIpc) is 3.11. The van der Waals surface area contributed by atoms with Crippen molar-refractivity contribution >= 4 is 44.6 Å². The van der Waals surface area contributed by atoms with Gasteiger partial charge in [0.1, 0.15) is 12.4 Å². The van der Waals surface area contributed by atoms with Crippen LogP contribution >= 0.6 is 15.9 Å². The molecule has 3 heterocycles. The standard InChI is InChI=1S/C30H32BrFN4O3/c1-6-27(38)34-13-23(14-34)33-26(37)15-35-19(5)28(25-12-21(31)9-16(2)29(25)35)30(39)36-17(3)10-20-11-22(32)7-8-24(20)18(36)4/h6-9,11-12,17-18,23H,1,10,13-15H2,2-5H3,(H,33,37). The van der Waals surface area contributed by atoms with Crippen molar-refractivity contribution in [2.75, 3.05) is 13.1 Å². The third-order valence-corrected chi connectivity index (χ3v) is 8.47. The largest absolute Gasteiger partial charge is 0.348 e. The van der Waals surface area contributed by atoms with Gasteiger partial charge in [-0.05, 0) is 81.1 Å². The first-order valence-corrected chi connectivity index (χ1v) is 13.9. The maximum absolute atomic E-state index is 14.3. The van der Waals surface area contributed by atoms with Gasteiger partial charge in [0.15, 0.2) is 0 Å². The molecular weight excluding hydrogens is 563 g/mol. The predicted molar refractivity (Wildman–Crippen MR) is 152 cm³/mol. The van der Waals surface area contributed by atoms with Gasteiger partial charge in [-0.3, -0.25) is 14.4 Å². The fourth-order valence-electron chi connectivity index (χ4n) is 6.16. The summed E-state index contributed by atoms with van der Waals surface area (Å²) in [6, 6.07) is 8.22. The molecule has 2 aromatic carbocycles. The molecule has 1 N–H and O–H groups in total. The van der Waals surface area contributed by atoms with E-state index in [0.717, 1.165) is 32.1 Å². The molecule has 9 heteroatoms. The number of carbonyl (C=O) groups excluding carboxylic acids is 3. The first kappa shape index (κ1) is 27.1. The van der Waals surface area contributed by atoms with E-state index in [4.69, 9.17) is 0 Å². The molecule has 0 saturated carbocycles. The molecule has 3 aromatic rings. The van der Waals surface area contributed by atoms with E-state index >= 15 is 0 Å². The summed E-state index contributed by atoms with van der Waals surface area (Å²) in [6.45, 7) is 12.3. The lowest BCUT2D eigenvalue weighted by Crippen LogP contribution is -2.61. The molecule has 204 valence electrons. The summed E-state index contributed by atoms with van der Waals surface area (Å²) >= 11 is 3.58. The molecule has 0 bridgehead atoms. The minimum absolute atomic E-state index is 0.0528. The van der Waals surface area contributed by atoms with Gasteiger partial charge < -0.3 is 19.7 Å². The Morgan fingerprint density at radius 1 is 1.15 bits per heavy atom. The Balaban J connectivity index is 1.48. The minimum atomic E-state index is -0.271. The second kappa shape index (κ2) is 10.3. The predicted octanol–water partition coefficient (Wildman–Crippen LogP) is 4.82. The number of rotatable bonds is 5. The van der Waals surface area contributed by atoms with Crippen molar-refractivity contribution < 1.29 is 18.8 Å². The van der Waals surface area contributed by atoms with Crippen molar-refractivity contribution in [1.82, 2.24) is 19.7 Å². The zero-order chi connectivity index (χ0) is 28.2. The van der Waals surface area contributed by atoms with Crippen LogP contribution in [0.1, 0.15) is 52.6 Å². The fourth-order valence-corrected chi connectivity index (χ4v) is 6.73. The number of halogens is 2. The van der Waals surface area contributed by atoms with Crippen molar-refractivity contribution in [2.45, 2.75) is 58.8 Å². The van der Waals surface area contributed by atoms with Crippen LogP contribution in [-0.4, -0.2) is 57.3 Å². The normalized spacial score (nSPS) is 19.0. The summed E-state index contributed by atoms with van der Waals surface area (Å²) in [7, 11) is 0. The third kappa shape index (κ3) is 4.77. The number of nitrogens with one attached hydrogen (secondary N) is 1. The molecule has 7 nitrogen and oxygen atoms in total. The van der Waals surface area contributed by atoms with Crippen molar-refractivity contribution in [3.8, 4) is 0 Å². The Bertz CT molecular complexity index is 1520. The number of fused-ring (bicyclic) bond motifs is 2. The maximum Gasteiger partial charge on any atom is 0.257 e. The molecule has 3 amide bonds. The summed E-state index contributed by atoms with van der Waals surface area (Å²) < 4.78 is 16.7.